The zero-order valence-corrected chi connectivity index (χ0v) is 21.9. The maximum absolute atomic E-state index is 14.9. The lowest BCUT2D eigenvalue weighted by Gasteiger charge is -2.36. The summed E-state index contributed by atoms with van der Waals surface area (Å²) in [6.45, 7) is 8.84. The molecule has 10 heteroatoms. The van der Waals surface area contributed by atoms with Gasteiger partial charge in [0.05, 0.1) is 24.8 Å². The second-order valence-corrected chi connectivity index (χ2v) is 11.2. The van der Waals surface area contributed by atoms with Crippen molar-refractivity contribution in [2.75, 3.05) is 19.8 Å². The molecule has 206 valence electrons. The van der Waals surface area contributed by atoms with Gasteiger partial charge in [-0.05, 0) is 36.6 Å². The fourth-order valence-electron chi connectivity index (χ4n) is 4.93. The van der Waals surface area contributed by atoms with Gasteiger partial charge in [0.25, 0.3) is 5.91 Å². The number of carbonyl (C=O) groups is 2. The van der Waals surface area contributed by atoms with Crippen LogP contribution in [0.3, 0.4) is 0 Å². The predicted octanol–water partition coefficient (Wildman–Crippen LogP) is 5.28. The molecule has 0 saturated carbocycles. The van der Waals surface area contributed by atoms with Gasteiger partial charge >= 0.3 is 6.18 Å². The summed E-state index contributed by atoms with van der Waals surface area (Å²) < 4.78 is 59.3. The van der Waals surface area contributed by atoms with E-state index in [4.69, 9.17) is 4.74 Å². The van der Waals surface area contributed by atoms with Gasteiger partial charge in [0.1, 0.15) is 11.9 Å². The summed E-state index contributed by atoms with van der Waals surface area (Å²) in [5.74, 6) is -2.00. The molecular weight excluding hydrogens is 502 g/mol. The normalized spacial score (nSPS) is 21.2. The number of alkyl halides is 3. The smallest absolute Gasteiger partial charge is 0.381 e. The number of aromatic nitrogens is 1. The van der Waals surface area contributed by atoms with E-state index in [9.17, 15) is 27.2 Å². The van der Waals surface area contributed by atoms with E-state index >= 15 is 0 Å². The third-order valence-corrected chi connectivity index (χ3v) is 7.40. The number of carbonyl (C=O) groups excluding carboxylic acids is 2. The molecule has 3 heterocycles. The lowest BCUT2D eigenvalue weighted by Crippen LogP contribution is -2.50. The topological polar surface area (TPSA) is 71.5 Å². The number of pyridine rings is 1. The first kappa shape index (κ1) is 28.0. The number of ether oxygens (including phenoxy) is 1. The minimum Gasteiger partial charge on any atom is -0.381 e. The van der Waals surface area contributed by atoms with Gasteiger partial charge < -0.3 is 15.0 Å². The summed E-state index contributed by atoms with van der Waals surface area (Å²) in [4.78, 5) is 33.1. The van der Waals surface area contributed by atoms with Crippen LogP contribution in [-0.2, 0) is 21.1 Å². The third-order valence-electron chi connectivity index (χ3n) is 7.40. The Balaban J connectivity index is 1.59. The number of halogens is 4. The van der Waals surface area contributed by atoms with E-state index in [1.54, 1.807) is 23.2 Å². The highest BCUT2D eigenvalue weighted by Gasteiger charge is 2.42. The van der Waals surface area contributed by atoms with Gasteiger partial charge in [-0.25, -0.2) is 4.39 Å². The number of amides is 2. The molecule has 1 aromatic heterocycles. The van der Waals surface area contributed by atoms with Crippen LogP contribution in [0.4, 0.5) is 17.6 Å². The van der Waals surface area contributed by atoms with E-state index in [0.717, 1.165) is 24.2 Å². The van der Waals surface area contributed by atoms with Crippen LogP contribution in [0.2, 0.25) is 0 Å². The van der Waals surface area contributed by atoms with E-state index in [0.29, 0.717) is 24.6 Å². The van der Waals surface area contributed by atoms with Gasteiger partial charge in [-0.1, -0.05) is 40.2 Å². The molecule has 38 heavy (non-hydrogen) atoms. The summed E-state index contributed by atoms with van der Waals surface area (Å²) >= 11 is 0. The highest BCUT2D eigenvalue weighted by atomic mass is 19.4. The summed E-state index contributed by atoms with van der Waals surface area (Å²) in [7, 11) is 0. The molecule has 2 aliphatic heterocycles. The van der Waals surface area contributed by atoms with Crippen molar-refractivity contribution in [2.45, 2.75) is 64.2 Å². The molecule has 2 aromatic rings. The van der Waals surface area contributed by atoms with E-state index in [1.165, 1.54) is 0 Å². The van der Waals surface area contributed by atoms with Crippen molar-refractivity contribution in [1.82, 2.24) is 15.2 Å². The molecule has 2 fully saturated rings. The summed E-state index contributed by atoms with van der Waals surface area (Å²) in [6.07, 6.45) is -1.90. The molecule has 1 unspecified atom stereocenters. The quantitative estimate of drug-likeness (QED) is 0.511. The molecule has 0 bridgehead atoms. The molecule has 1 aromatic carbocycles. The fourth-order valence-corrected chi connectivity index (χ4v) is 4.93. The van der Waals surface area contributed by atoms with Crippen LogP contribution >= 0.6 is 0 Å². The maximum atomic E-state index is 14.9. The van der Waals surface area contributed by atoms with Gasteiger partial charge in [0, 0.05) is 40.9 Å². The molecule has 2 amide bonds. The Morgan fingerprint density at radius 3 is 2.42 bits per heavy atom. The number of nitrogens with one attached hydrogen (secondary N) is 1. The van der Waals surface area contributed by atoms with Crippen molar-refractivity contribution >= 4 is 11.8 Å². The average Bonchev–Trinajstić information content (AvgIpc) is 3.26. The van der Waals surface area contributed by atoms with Crippen LogP contribution in [0, 0.1) is 17.7 Å². The minimum absolute atomic E-state index is 0.0356. The zero-order chi connectivity index (χ0) is 27.8. The molecule has 0 aliphatic carbocycles. The van der Waals surface area contributed by atoms with Crippen molar-refractivity contribution in [3.8, 4) is 0 Å². The lowest BCUT2D eigenvalue weighted by molar-refractivity contribution is -0.138. The summed E-state index contributed by atoms with van der Waals surface area (Å²) in [6, 6.07) is 4.01. The van der Waals surface area contributed by atoms with Crippen LogP contribution in [0.1, 0.15) is 73.8 Å². The standard InChI is InChI=1S/C28H33F4N3O3/c1-5-16-10-22(35(13-16)26(37)17-8-9-33-23(11-17)27(2,3)4)25(36)34-24(18-14-38-15-18)20-7-6-19(12-21(20)29)28(30,31)32/h6-9,11-12,16,18,22,24H,5,10,13-15H2,1-4H3,(H,34,36)/t16-,22-,24?/m1/s1. The first-order valence-corrected chi connectivity index (χ1v) is 12.8. The Bertz CT molecular complexity index is 1190. The molecule has 2 aliphatic rings. The first-order valence-electron chi connectivity index (χ1n) is 12.8. The monoisotopic (exact) mass is 535 g/mol. The van der Waals surface area contributed by atoms with Gasteiger partial charge in [-0.15, -0.1) is 0 Å². The van der Waals surface area contributed by atoms with Crippen LogP contribution < -0.4 is 5.32 Å². The number of nitrogens with zero attached hydrogens (tertiary/aromatic N) is 2. The number of rotatable bonds is 6. The van der Waals surface area contributed by atoms with E-state index < -0.39 is 35.5 Å². The van der Waals surface area contributed by atoms with Crippen molar-refractivity contribution in [1.29, 1.82) is 0 Å². The molecule has 4 rings (SSSR count). The second kappa shape index (κ2) is 10.6. The van der Waals surface area contributed by atoms with Gasteiger partial charge in [-0.3, -0.25) is 14.6 Å². The predicted molar refractivity (Wildman–Crippen MR) is 133 cm³/mol. The Labute approximate surface area is 219 Å². The fraction of sp³-hybridized carbons (Fsp3) is 0.536. The highest BCUT2D eigenvalue weighted by Crippen LogP contribution is 2.36. The second-order valence-electron chi connectivity index (χ2n) is 11.2. The number of benzene rings is 1. The zero-order valence-electron chi connectivity index (χ0n) is 21.9. The highest BCUT2D eigenvalue weighted by molar-refractivity contribution is 5.98. The summed E-state index contributed by atoms with van der Waals surface area (Å²) in [5.41, 5.74) is -0.227. The molecule has 1 N–H and O–H groups in total. The van der Waals surface area contributed by atoms with E-state index in [1.807, 2.05) is 27.7 Å². The Kier molecular flexibility index (Phi) is 7.84. The van der Waals surface area contributed by atoms with Crippen LogP contribution in [0.5, 0.6) is 0 Å². The van der Waals surface area contributed by atoms with Gasteiger partial charge in [0.2, 0.25) is 5.91 Å². The Morgan fingerprint density at radius 2 is 1.87 bits per heavy atom. The molecule has 0 radical (unpaired) electrons. The molecule has 0 spiro atoms. The first-order chi connectivity index (χ1) is 17.8. The Hall–Kier alpha value is -3.01. The minimum atomic E-state index is -4.68. The van der Waals surface area contributed by atoms with E-state index in [-0.39, 0.29) is 41.9 Å². The molecular formula is C28H33F4N3O3. The molecule has 6 nitrogen and oxygen atoms in total. The van der Waals surface area contributed by atoms with Crippen molar-refractivity contribution in [2.24, 2.45) is 11.8 Å². The maximum Gasteiger partial charge on any atom is 0.416 e. The van der Waals surface area contributed by atoms with Crippen molar-refractivity contribution in [3.05, 3.63) is 64.7 Å². The Morgan fingerprint density at radius 1 is 1.16 bits per heavy atom. The number of hydrogen-bond acceptors (Lipinski definition) is 4. The van der Waals surface area contributed by atoms with Gasteiger partial charge in [-0.2, -0.15) is 13.2 Å². The number of likely N-dealkylation sites (tertiary alicyclic amines) is 1. The summed E-state index contributed by atoms with van der Waals surface area (Å²) in [5, 5.41) is 2.85. The van der Waals surface area contributed by atoms with E-state index in [2.05, 4.69) is 10.3 Å². The van der Waals surface area contributed by atoms with Crippen LogP contribution in [0.25, 0.3) is 0 Å². The van der Waals surface area contributed by atoms with Crippen molar-refractivity contribution in [3.63, 3.8) is 0 Å². The van der Waals surface area contributed by atoms with Gasteiger partial charge in [0.15, 0.2) is 0 Å². The molecule has 3 atom stereocenters. The molecule has 2 saturated heterocycles. The average molecular weight is 536 g/mol. The number of hydrogen-bond donors (Lipinski definition) is 1. The van der Waals surface area contributed by atoms with Crippen LogP contribution in [-0.4, -0.2) is 47.5 Å². The van der Waals surface area contributed by atoms with Crippen LogP contribution in [0.15, 0.2) is 36.5 Å². The SMILES string of the molecule is CC[C@@H]1C[C@H](C(=O)NC(c2ccc(C(F)(F)F)cc2F)C2COC2)N(C(=O)c2ccnc(C(C)(C)C)c2)C1. The third kappa shape index (κ3) is 5.85. The van der Waals surface area contributed by atoms with Crippen molar-refractivity contribution < 1.29 is 31.9 Å². The lowest BCUT2D eigenvalue weighted by atomic mass is 9.90. The largest absolute Gasteiger partial charge is 0.416 e.